The van der Waals surface area contributed by atoms with Crippen LogP contribution in [0, 0.1) is 11.8 Å². The summed E-state index contributed by atoms with van der Waals surface area (Å²) < 4.78 is 5.68. The predicted octanol–water partition coefficient (Wildman–Crippen LogP) is 3.29. The molecule has 2 heteroatoms. The van der Waals surface area contributed by atoms with Crippen LogP contribution in [0.25, 0.3) is 0 Å². The number of allylic oxidation sites excluding steroid dienone is 1. The minimum absolute atomic E-state index is 0.350. The van der Waals surface area contributed by atoms with Crippen LogP contribution in [-0.2, 0) is 4.74 Å². The van der Waals surface area contributed by atoms with Crippen LogP contribution in [0.1, 0.15) is 32.6 Å². The molecule has 0 saturated heterocycles. The van der Waals surface area contributed by atoms with Crippen molar-refractivity contribution in [1.82, 2.24) is 0 Å². The molecule has 0 bridgehead atoms. The molecule has 1 aliphatic carbocycles. The molecule has 1 saturated carbocycles. The van der Waals surface area contributed by atoms with Gasteiger partial charge >= 0.3 is 0 Å². The first kappa shape index (κ1) is 11.8. The summed E-state index contributed by atoms with van der Waals surface area (Å²) in [5, 5.41) is 0. The van der Waals surface area contributed by atoms with Gasteiger partial charge in [0.1, 0.15) is 6.61 Å². The summed E-state index contributed by atoms with van der Waals surface area (Å²) in [4.78, 5) is 0.517. The van der Waals surface area contributed by atoms with E-state index >= 15 is 0 Å². The second-order valence-electron chi connectivity index (χ2n) is 3.73. The Bertz CT molecular complexity index is 249. The van der Waals surface area contributed by atoms with E-state index in [0.717, 1.165) is 12.0 Å². The summed E-state index contributed by atoms with van der Waals surface area (Å²) in [7, 11) is 0. The van der Waals surface area contributed by atoms with E-state index < -0.39 is 0 Å². The lowest BCUT2D eigenvalue weighted by molar-refractivity contribution is 0.0562. The van der Waals surface area contributed by atoms with Gasteiger partial charge in [-0.2, -0.15) is 0 Å². The molecule has 0 aromatic rings. The SMILES string of the molecule is C=C(C)C#CCO[C@@H]1CCCC[C@H]1Br. The van der Waals surface area contributed by atoms with Crippen LogP contribution in [0.5, 0.6) is 0 Å². The van der Waals surface area contributed by atoms with E-state index in [2.05, 4.69) is 34.3 Å². The molecule has 0 N–H and O–H groups in total. The van der Waals surface area contributed by atoms with Crippen LogP contribution in [0.15, 0.2) is 12.2 Å². The van der Waals surface area contributed by atoms with Crippen molar-refractivity contribution in [3.63, 3.8) is 0 Å². The summed E-state index contributed by atoms with van der Waals surface area (Å²) >= 11 is 3.64. The molecule has 78 valence electrons. The number of alkyl halides is 1. The quantitative estimate of drug-likeness (QED) is 0.545. The van der Waals surface area contributed by atoms with E-state index in [9.17, 15) is 0 Å². The van der Waals surface area contributed by atoms with Gasteiger partial charge in [0.2, 0.25) is 0 Å². The van der Waals surface area contributed by atoms with Gasteiger partial charge in [0.15, 0.2) is 0 Å². The number of halogens is 1. The highest BCUT2D eigenvalue weighted by Gasteiger charge is 2.22. The Labute approximate surface area is 95.0 Å². The van der Waals surface area contributed by atoms with Crippen molar-refractivity contribution in [1.29, 1.82) is 0 Å². The van der Waals surface area contributed by atoms with Crippen LogP contribution in [0.4, 0.5) is 0 Å². The monoisotopic (exact) mass is 256 g/mol. The third-order valence-corrected chi connectivity index (χ3v) is 3.34. The van der Waals surface area contributed by atoms with Crippen molar-refractivity contribution < 1.29 is 4.74 Å². The van der Waals surface area contributed by atoms with Gasteiger partial charge in [-0.25, -0.2) is 0 Å². The van der Waals surface area contributed by atoms with Gasteiger partial charge in [-0.15, -0.1) is 0 Å². The standard InChI is InChI=1S/C12H17BrO/c1-10(2)6-5-9-14-12-8-4-3-7-11(12)13/h11-12H,1,3-4,7-9H2,2H3/t11-,12-/m1/s1. The predicted molar refractivity (Wildman–Crippen MR) is 63.5 cm³/mol. The van der Waals surface area contributed by atoms with Crippen LogP contribution in [0.3, 0.4) is 0 Å². The number of hydrogen-bond donors (Lipinski definition) is 0. The Balaban J connectivity index is 2.24. The molecule has 1 rings (SSSR count). The molecule has 0 unspecified atom stereocenters. The van der Waals surface area contributed by atoms with E-state index in [0.29, 0.717) is 17.5 Å². The van der Waals surface area contributed by atoms with E-state index in [1.807, 2.05) is 6.92 Å². The number of hydrogen-bond acceptors (Lipinski definition) is 1. The van der Waals surface area contributed by atoms with E-state index in [-0.39, 0.29) is 0 Å². The molecule has 0 spiro atoms. The van der Waals surface area contributed by atoms with Gasteiger partial charge in [-0.05, 0) is 25.3 Å². The van der Waals surface area contributed by atoms with Crippen molar-refractivity contribution in [3.05, 3.63) is 12.2 Å². The molecule has 0 radical (unpaired) electrons. The summed E-state index contributed by atoms with van der Waals surface area (Å²) in [6.07, 6.45) is 5.32. The van der Waals surface area contributed by atoms with Gasteiger partial charge in [-0.3, -0.25) is 0 Å². The van der Waals surface area contributed by atoms with Crippen molar-refractivity contribution in [2.45, 2.75) is 43.5 Å². The molecule has 1 fully saturated rings. The summed E-state index contributed by atoms with van der Waals surface area (Å²) in [5.74, 6) is 5.88. The fourth-order valence-corrected chi connectivity index (χ4v) is 2.32. The van der Waals surface area contributed by atoms with Crippen molar-refractivity contribution in [3.8, 4) is 11.8 Å². The lowest BCUT2D eigenvalue weighted by Gasteiger charge is -2.26. The van der Waals surface area contributed by atoms with Gasteiger partial charge in [0, 0.05) is 4.83 Å². The lowest BCUT2D eigenvalue weighted by Crippen LogP contribution is -2.27. The first-order chi connectivity index (χ1) is 6.70. The third kappa shape index (κ3) is 4.30. The number of rotatable bonds is 2. The Hall–Kier alpha value is -0.260. The summed E-state index contributed by atoms with van der Waals surface area (Å²) in [6, 6.07) is 0. The number of ether oxygens (including phenoxy) is 1. The van der Waals surface area contributed by atoms with Gasteiger partial charge in [-0.1, -0.05) is 47.2 Å². The molecular weight excluding hydrogens is 240 g/mol. The molecule has 2 atom stereocenters. The molecule has 1 nitrogen and oxygen atoms in total. The summed E-state index contributed by atoms with van der Waals surface area (Å²) in [5.41, 5.74) is 0.896. The fourth-order valence-electron chi connectivity index (χ4n) is 1.58. The Morgan fingerprint density at radius 2 is 2.21 bits per heavy atom. The maximum Gasteiger partial charge on any atom is 0.108 e. The molecule has 0 aromatic heterocycles. The van der Waals surface area contributed by atoms with E-state index in [1.165, 1.54) is 19.3 Å². The fraction of sp³-hybridized carbons (Fsp3) is 0.667. The van der Waals surface area contributed by atoms with Crippen LogP contribution in [0.2, 0.25) is 0 Å². The zero-order chi connectivity index (χ0) is 10.4. The normalized spacial score (nSPS) is 26.4. The van der Waals surface area contributed by atoms with Gasteiger partial charge < -0.3 is 4.74 Å². The average Bonchev–Trinajstić information content (AvgIpc) is 2.15. The molecule has 0 amide bonds. The molecular formula is C12H17BrO. The smallest absolute Gasteiger partial charge is 0.108 e. The zero-order valence-electron chi connectivity index (χ0n) is 8.68. The van der Waals surface area contributed by atoms with Gasteiger partial charge in [0.05, 0.1) is 6.10 Å². The first-order valence-corrected chi connectivity index (χ1v) is 6.02. The zero-order valence-corrected chi connectivity index (χ0v) is 10.3. The minimum atomic E-state index is 0.350. The topological polar surface area (TPSA) is 9.23 Å². The second kappa shape index (κ2) is 6.27. The van der Waals surface area contributed by atoms with Gasteiger partial charge in [0.25, 0.3) is 0 Å². The van der Waals surface area contributed by atoms with Crippen molar-refractivity contribution >= 4 is 15.9 Å². The molecule has 0 aromatic carbocycles. The summed E-state index contributed by atoms with van der Waals surface area (Å²) in [6.45, 7) is 6.15. The van der Waals surface area contributed by atoms with Crippen molar-refractivity contribution in [2.75, 3.05) is 6.61 Å². The third-order valence-electron chi connectivity index (χ3n) is 2.29. The molecule has 1 aliphatic rings. The second-order valence-corrected chi connectivity index (χ2v) is 4.91. The van der Waals surface area contributed by atoms with Crippen molar-refractivity contribution in [2.24, 2.45) is 0 Å². The average molecular weight is 257 g/mol. The molecule has 14 heavy (non-hydrogen) atoms. The maximum atomic E-state index is 5.68. The minimum Gasteiger partial charge on any atom is -0.364 e. The largest absolute Gasteiger partial charge is 0.364 e. The highest BCUT2D eigenvalue weighted by Crippen LogP contribution is 2.26. The van der Waals surface area contributed by atoms with E-state index in [4.69, 9.17) is 4.74 Å². The highest BCUT2D eigenvalue weighted by molar-refractivity contribution is 9.09. The van der Waals surface area contributed by atoms with E-state index in [1.54, 1.807) is 0 Å². The highest BCUT2D eigenvalue weighted by atomic mass is 79.9. The first-order valence-electron chi connectivity index (χ1n) is 5.10. The lowest BCUT2D eigenvalue weighted by atomic mass is 9.98. The maximum absolute atomic E-state index is 5.68. The molecule has 0 aliphatic heterocycles. The van der Waals surface area contributed by atoms with Crippen LogP contribution in [-0.4, -0.2) is 17.5 Å². The Morgan fingerprint density at radius 3 is 2.86 bits per heavy atom. The van der Waals surface area contributed by atoms with Crippen LogP contribution < -0.4 is 0 Å². The van der Waals surface area contributed by atoms with Crippen LogP contribution >= 0.6 is 15.9 Å². The molecule has 0 heterocycles. The Kier molecular flexibility index (Phi) is 5.29. The Morgan fingerprint density at radius 1 is 1.50 bits per heavy atom.